The minimum atomic E-state index is -0.126. The van der Waals surface area contributed by atoms with Crippen molar-refractivity contribution in [1.82, 2.24) is 20.9 Å². The van der Waals surface area contributed by atoms with Gasteiger partial charge < -0.3 is 20.9 Å². The van der Waals surface area contributed by atoms with E-state index in [0.29, 0.717) is 31.2 Å². The summed E-state index contributed by atoms with van der Waals surface area (Å²) in [7, 11) is 0. The Balaban J connectivity index is 0.00000364. The molecule has 150 valence electrons. The van der Waals surface area contributed by atoms with Crippen LogP contribution >= 0.6 is 39.9 Å². The third-order valence-corrected chi connectivity index (χ3v) is 4.46. The first-order valence-electron chi connectivity index (χ1n) is 8.94. The summed E-state index contributed by atoms with van der Waals surface area (Å²) in [6.07, 6.45) is 2.15. The number of benzene rings is 1. The smallest absolute Gasteiger partial charge is 0.251 e. The van der Waals surface area contributed by atoms with Gasteiger partial charge in [-0.2, -0.15) is 0 Å². The molecule has 0 unspecified atom stereocenters. The van der Waals surface area contributed by atoms with E-state index in [1.165, 1.54) is 0 Å². The summed E-state index contributed by atoms with van der Waals surface area (Å²) >= 11 is 3.35. The Bertz CT molecular complexity index is 650. The molecule has 1 aromatic rings. The molecule has 2 amide bonds. The SMILES string of the molecule is CCNC(=NCC(=O)N1CCCC1)NCCNC(=O)c1cccc(Br)c1.I. The average molecular weight is 552 g/mol. The molecule has 1 aliphatic heterocycles. The number of amides is 2. The lowest BCUT2D eigenvalue weighted by Crippen LogP contribution is -2.42. The van der Waals surface area contributed by atoms with Gasteiger partial charge in [0.1, 0.15) is 6.54 Å². The molecular weight excluding hydrogens is 525 g/mol. The molecule has 27 heavy (non-hydrogen) atoms. The summed E-state index contributed by atoms with van der Waals surface area (Å²) in [6.45, 7) is 5.45. The Morgan fingerprint density at radius 1 is 1.15 bits per heavy atom. The van der Waals surface area contributed by atoms with Gasteiger partial charge in [-0.3, -0.25) is 9.59 Å². The summed E-state index contributed by atoms with van der Waals surface area (Å²) in [5, 5.41) is 9.09. The van der Waals surface area contributed by atoms with Crippen molar-refractivity contribution >= 4 is 57.7 Å². The third-order valence-electron chi connectivity index (χ3n) is 3.97. The second kappa shape index (κ2) is 12.9. The lowest BCUT2D eigenvalue weighted by atomic mass is 10.2. The highest BCUT2D eigenvalue weighted by Crippen LogP contribution is 2.11. The van der Waals surface area contributed by atoms with Crippen LogP contribution < -0.4 is 16.0 Å². The zero-order valence-corrected chi connectivity index (χ0v) is 19.4. The lowest BCUT2D eigenvalue weighted by molar-refractivity contribution is -0.128. The number of hydrogen-bond acceptors (Lipinski definition) is 3. The Hall–Kier alpha value is -1.36. The minimum Gasteiger partial charge on any atom is -0.357 e. The summed E-state index contributed by atoms with van der Waals surface area (Å²) in [5.74, 6) is 0.513. The maximum atomic E-state index is 12.1. The predicted octanol–water partition coefficient (Wildman–Crippen LogP) is 1.97. The van der Waals surface area contributed by atoms with E-state index in [9.17, 15) is 9.59 Å². The first-order valence-corrected chi connectivity index (χ1v) is 9.73. The summed E-state index contributed by atoms with van der Waals surface area (Å²) < 4.78 is 0.868. The fourth-order valence-corrected chi connectivity index (χ4v) is 3.04. The Labute approximate surface area is 185 Å². The van der Waals surface area contributed by atoms with Crippen molar-refractivity contribution in [2.24, 2.45) is 4.99 Å². The number of nitrogens with one attached hydrogen (secondary N) is 3. The van der Waals surface area contributed by atoms with Crippen molar-refractivity contribution in [2.75, 3.05) is 39.3 Å². The van der Waals surface area contributed by atoms with Crippen LogP contribution in [0.5, 0.6) is 0 Å². The standard InChI is InChI=1S/C18H26BrN5O2.HI/c1-2-20-18(23-13-16(25)24-10-3-4-11-24)22-9-8-21-17(26)14-6-5-7-15(19)12-14;/h5-7,12H,2-4,8-11,13H2,1H3,(H,21,26)(H2,20,22,23);1H. The molecule has 1 aromatic carbocycles. The van der Waals surface area contributed by atoms with Crippen molar-refractivity contribution in [1.29, 1.82) is 0 Å². The Kier molecular flexibility index (Phi) is 11.3. The second-order valence-electron chi connectivity index (χ2n) is 5.98. The lowest BCUT2D eigenvalue weighted by Gasteiger charge is -2.15. The molecule has 9 heteroatoms. The molecule has 1 fully saturated rings. The van der Waals surface area contributed by atoms with Crippen LogP contribution in [0.15, 0.2) is 33.7 Å². The minimum absolute atomic E-state index is 0. The zero-order chi connectivity index (χ0) is 18.8. The van der Waals surface area contributed by atoms with Gasteiger partial charge in [0.2, 0.25) is 5.91 Å². The van der Waals surface area contributed by atoms with Gasteiger partial charge >= 0.3 is 0 Å². The molecule has 0 aliphatic carbocycles. The second-order valence-corrected chi connectivity index (χ2v) is 6.89. The van der Waals surface area contributed by atoms with Crippen LogP contribution in [-0.2, 0) is 4.79 Å². The molecule has 1 saturated heterocycles. The number of halogens is 2. The van der Waals surface area contributed by atoms with E-state index in [0.717, 1.165) is 30.4 Å². The molecule has 7 nitrogen and oxygen atoms in total. The van der Waals surface area contributed by atoms with Crippen LogP contribution in [0.1, 0.15) is 30.1 Å². The van der Waals surface area contributed by atoms with E-state index in [2.05, 4.69) is 36.9 Å². The van der Waals surface area contributed by atoms with Crippen LogP contribution in [-0.4, -0.2) is 61.9 Å². The largest absolute Gasteiger partial charge is 0.357 e. The van der Waals surface area contributed by atoms with E-state index in [4.69, 9.17) is 0 Å². The van der Waals surface area contributed by atoms with Crippen molar-refractivity contribution in [3.05, 3.63) is 34.3 Å². The number of hydrogen-bond donors (Lipinski definition) is 3. The van der Waals surface area contributed by atoms with Crippen molar-refractivity contribution in [2.45, 2.75) is 19.8 Å². The van der Waals surface area contributed by atoms with Crippen molar-refractivity contribution in [3.63, 3.8) is 0 Å². The van der Waals surface area contributed by atoms with Gasteiger partial charge in [-0.1, -0.05) is 22.0 Å². The van der Waals surface area contributed by atoms with E-state index >= 15 is 0 Å². The number of carbonyl (C=O) groups is 2. The molecular formula is C18H27BrIN5O2. The molecule has 1 heterocycles. The van der Waals surface area contributed by atoms with Crippen molar-refractivity contribution < 1.29 is 9.59 Å². The molecule has 0 radical (unpaired) electrons. The monoisotopic (exact) mass is 551 g/mol. The maximum absolute atomic E-state index is 12.1. The molecule has 0 atom stereocenters. The number of carbonyl (C=O) groups excluding carboxylic acids is 2. The first-order chi connectivity index (χ1) is 12.6. The number of guanidine groups is 1. The van der Waals surface area contributed by atoms with Gasteiger partial charge in [-0.05, 0) is 38.0 Å². The van der Waals surface area contributed by atoms with E-state index in [-0.39, 0.29) is 42.3 Å². The van der Waals surface area contributed by atoms with Crippen LogP contribution in [0.3, 0.4) is 0 Å². The molecule has 1 aliphatic rings. The molecule has 0 bridgehead atoms. The van der Waals surface area contributed by atoms with Gasteiger partial charge in [-0.15, -0.1) is 24.0 Å². The van der Waals surface area contributed by atoms with E-state index in [1.54, 1.807) is 12.1 Å². The predicted molar refractivity (Wildman–Crippen MR) is 122 cm³/mol. The Morgan fingerprint density at radius 3 is 2.52 bits per heavy atom. The van der Waals surface area contributed by atoms with Crippen LogP contribution in [0.2, 0.25) is 0 Å². The van der Waals surface area contributed by atoms with Gasteiger partial charge in [0.25, 0.3) is 5.91 Å². The van der Waals surface area contributed by atoms with Crippen LogP contribution in [0.4, 0.5) is 0 Å². The van der Waals surface area contributed by atoms with Crippen LogP contribution in [0, 0.1) is 0 Å². The summed E-state index contributed by atoms with van der Waals surface area (Å²) in [5.41, 5.74) is 0.608. The first kappa shape index (κ1) is 23.7. The highest BCUT2D eigenvalue weighted by Gasteiger charge is 2.17. The van der Waals surface area contributed by atoms with Gasteiger partial charge in [0.05, 0.1) is 0 Å². The quantitative estimate of drug-likeness (QED) is 0.209. The highest BCUT2D eigenvalue weighted by molar-refractivity contribution is 14.0. The number of likely N-dealkylation sites (tertiary alicyclic amines) is 1. The molecule has 0 aromatic heterocycles. The van der Waals surface area contributed by atoms with E-state index < -0.39 is 0 Å². The normalized spacial score (nSPS) is 13.7. The fourth-order valence-electron chi connectivity index (χ4n) is 2.64. The molecule has 0 saturated carbocycles. The van der Waals surface area contributed by atoms with E-state index in [1.807, 2.05) is 24.0 Å². The number of rotatable bonds is 7. The van der Waals surface area contributed by atoms with Crippen LogP contribution in [0.25, 0.3) is 0 Å². The van der Waals surface area contributed by atoms with Gasteiger partial charge in [0, 0.05) is 42.8 Å². The maximum Gasteiger partial charge on any atom is 0.251 e. The Morgan fingerprint density at radius 2 is 1.85 bits per heavy atom. The van der Waals surface area contributed by atoms with Gasteiger partial charge in [0.15, 0.2) is 5.96 Å². The van der Waals surface area contributed by atoms with Gasteiger partial charge in [-0.25, -0.2) is 4.99 Å². The fraction of sp³-hybridized carbons (Fsp3) is 0.500. The number of nitrogens with zero attached hydrogens (tertiary/aromatic N) is 2. The molecule has 2 rings (SSSR count). The summed E-state index contributed by atoms with van der Waals surface area (Å²) in [4.78, 5) is 30.3. The highest BCUT2D eigenvalue weighted by atomic mass is 127. The zero-order valence-electron chi connectivity index (χ0n) is 15.5. The average Bonchev–Trinajstić information content (AvgIpc) is 3.17. The topological polar surface area (TPSA) is 85.8 Å². The number of aliphatic imine (C=N–C) groups is 1. The molecule has 0 spiro atoms. The third kappa shape index (κ3) is 8.46. The van der Waals surface area contributed by atoms with Crippen molar-refractivity contribution in [3.8, 4) is 0 Å². The summed E-state index contributed by atoms with van der Waals surface area (Å²) in [6, 6.07) is 7.24. The molecule has 3 N–H and O–H groups in total.